The van der Waals surface area contributed by atoms with Crippen LogP contribution in [0.15, 0.2) is 44.8 Å². The van der Waals surface area contributed by atoms with Gasteiger partial charge >= 0.3 is 5.69 Å². The molecule has 2 aromatic rings. The third-order valence-corrected chi connectivity index (χ3v) is 6.94. The molecule has 0 bridgehead atoms. The van der Waals surface area contributed by atoms with Crippen LogP contribution < -0.4 is 21.9 Å². The van der Waals surface area contributed by atoms with Gasteiger partial charge in [0.2, 0.25) is 0 Å². The average Bonchev–Trinajstić information content (AvgIpc) is 2.66. The molecular weight excluding hydrogens is 370 g/mol. The maximum Gasteiger partial charge on any atom is 0.332 e. The molecule has 10 heteroatoms. The van der Waals surface area contributed by atoms with Crippen LogP contribution in [-0.2, 0) is 30.7 Å². The molecule has 0 amide bonds. The number of nitrogen functional groups attached to an aromatic ring is 1. The number of nitrogens with two attached hydrogens (primary N) is 1. The molecule has 146 valence electrons. The number of piperazine rings is 1. The molecule has 3 rings (SSSR count). The van der Waals surface area contributed by atoms with E-state index in [0.717, 1.165) is 15.7 Å². The molecule has 0 aliphatic carbocycles. The van der Waals surface area contributed by atoms with Gasteiger partial charge in [0.15, 0.2) is 4.90 Å². The van der Waals surface area contributed by atoms with Crippen LogP contribution in [0, 0.1) is 0 Å². The number of rotatable bonds is 4. The predicted octanol–water partition coefficient (Wildman–Crippen LogP) is -2.24. The highest BCUT2D eigenvalue weighted by Gasteiger charge is 2.35. The van der Waals surface area contributed by atoms with Crippen LogP contribution >= 0.6 is 0 Å². The minimum absolute atomic E-state index is 0.288. The van der Waals surface area contributed by atoms with E-state index in [9.17, 15) is 18.0 Å². The summed E-state index contributed by atoms with van der Waals surface area (Å²) in [5.74, 6) is -0.331. The van der Waals surface area contributed by atoms with Gasteiger partial charge in [-0.15, -0.1) is 0 Å². The molecule has 27 heavy (non-hydrogen) atoms. The highest BCUT2D eigenvalue weighted by Crippen LogP contribution is 2.17. The molecule has 1 aliphatic rings. The lowest BCUT2D eigenvalue weighted by atomic mass is 10.2. The van der Waals surface area contributed by atoms with E-state index in [1.165, 1.54) is 28.9 Å². The van der Waals surface area contributed by atoms with Gasteiger partial charge in [-0.05, 0) is 0 Å². The number of nitrogens with one attached hydrogen (secondary N) is 1. The lowest BCUT2D eigenvalue weighted by molar-refractivity contribution is -0.917. The molecule has 0 spiro atoms. The van der Waals surface area contributed by atoms with Crippen molar-refractivity contribution in [3.05, 3.63) is 56.7 Å². The second-order valence-electron chi connectivity index (χ2n) is 6.74. The Kier molecular flexibility index (Phi) is 5.22. The molecule has 1 saturated heterocycles. The van der Waals surface area contributed by atoms with Crippen molar-refractivity contribution >= 4 is 15.8 Å². The molecule has 1 aromatic heterocycles. The van der Waals surface area contributed by atoms with E-state index >= 15 is 0 Å². The Morgan fingerprint density at radius 1 is 1.04 bits per heavy atom. The smallest absolute Gasteiger partial charge is 0.332 e. The SMILES string of the molecule is Cn1c(N)c(S(=O)(=O)N2CC[NH+](Cc3ccccc3)CC2)c(=O)n(C)c1=O. The molecular formula is C17H24N5O4S+. The van der Waals surface area contributed by atoms with Crippen LogP contribution in [0.1, 0.15) is 5.56 Å². The topological polar surface area (TPSA) is 112 Å². The van der Waals surface area contributed by atoms with Gasteiger partial charge < -0.3 is 10.6 Å². The Labute approximate surface area is 157 Å². The minimum Gasteiger partial charge on any atom is -0.384 e. The van der Waals surface area contributed by atoms with Crippen LogP contribution in [0.3, 0.4) is 0 Å². The molecule has 1 aliphatic heterocycles. The maximum atomic E-state index is 13.0. The lowest BCUT2D eigenvalue weighted by Gasteiger charge is -2.31. The van der Waals surface area contributed by atoms with Gasteiger partial charge in [-0.3, -0.25) is 13.9 Å². The van der Waals surface area contributed by atoms with Crippen molar-refractivity contribution in [3.63, 3.8) is 0 Å². The summed E-state index contributed by atoms with van der Waals surface area (Å²) in [4.78, 5) is 25.1. The number of hydrogen-bond acceptors (Lipinski definition) is 5. The van der Waals surface area contributed by atoms with Crippen LogP contribution in [0.5, 0.6) is 0 Å². The number of aromatic nitrogens is 2. The fraction of sp³-hybridized carbons (Fsp3) is 0.412. The normalized spacial score (nSPS) is 16.5. The van der Waals surface area contributed by atoms with E-state index in [4.69, 9.17) is 5.73 Å². The Hall–Kier alpha value is -2.43. The van der Waals surface area contributed by atoms with Crippen LogP contribution in [0.4, 0.5) is 5.82 Å². The molecule has 1 fully saturated rings. The lowest BCUT2D eigenvalue weighted by Crippen LogP contribution is -3.13. The van der Waals surface area contributed by atoms with Gasteiger partial charge in [0, 0.05) is 19.7 Å². The zero-order valence-corrected chi connectivity index (χ0v) is 16.2. The maximum absolute atomic E-state index is 13.0. The molecule has 2 heterocycles. The largest absolute Gasteiger partial charge is 0.384 e. The van der Waals surface area contributed by atoms with Crippen molar-refractivity contribution in [2.45, 2.75) is 11.4 Å². The summed E-state index contributed by atoms with van der Waals surface area (Å²) in [6, 6.07) is 10.0. The first kappa shape index (κ1) is 19.3. The van der Waals surface area contributed by atoms with Gasteiger partial charge in [-0.1, -0.05) is 30.3 Å². The van der Waals surface area contributed by atoms with Crippen molar-refractivity contribution in [3.8, 4) is 0 Å². The van der Waals surface area contributed by atoms with E-state index in [0.29, 0.717) is 13.1 Å². The zero-order chi connectivity index (χ0) is 19.8. The van der Waals surface area contributed by atoms with Gasteiger partial charge in [0.05, 0.1) is 26.2 Å². The molecule has 0 unspecified atom stereocenters. The summed E-state index contributed by atoms with van der Waals surface area (Å²) >= 11 is 0. The molecule has 0 atom stereocenters. The number of sulfonamides is 1. The number of anilines is 1. The van der Waals surface area contributed by atoms with Gasteiger partial charge in [0.25, 0.3) is 15.6 Å². The molecule has 0 saturated carbocycles. The summed E-state index contributed by atoms with van der Waals surface area (Å²) in [5.41, 5.74) is 5.46. The fourth-order valence-electron chi connectivity index (χ4n) is 3.30. The quantitative estimate of drug-likeness (QED) is 0.609. The second-order valence-corrected chi connectivity index (χ2v) is 8.61. The van der Waals surface area contributed by atoms with E-state index in [2.05, 4.69) is 0 Å². The second kappa shape index (κ2) is 7.29. The number of benzene rings is 1. The zero-order valence-electron chi connectivity index (χ0n) is 15.4. The van der Waals surface area contributed by atoms with Crippen molar-refractivity contribution in [1.29, 1.82) is 0 Å². The highest BCUT2D eigenvalue weighted by molar-refractivity contribution is 7.89. The third-order valence-electron chi connectivity index (χ3n) is 4.99. The van der Waals surface area contributed by atoms with Crippen LogP contribution in [-0.4, -0.2) is 48.0 Å². The first-order valence-corrected chi connectivity index (χ1v) is 10.1. The van der Waals surface area contributed by atoms with Gasteiger partial charge in [-0.25, -0.2) is 13.2 Å². The highest BCUT2D eigenvalue weighted by atomic mass is 32.2. The van der Waals surface area contributed by atoms with Crippen molar-refractivity contribution in [2.75, 3.05) is 31.9 Å². The first-order valence-electron chi connectivity index (χ1n) is 8.66. The minimum atomic E-state index is -4.08. The van der Waals surface area contributed by atoms with E-state index in [1.54, 1.807) is 0 Å². The molecule has 3 N–H and O–H groups in total. The summed E-state index contributed by atoms with van der Waals surface area (Å²) in [7, 11) is -1.49. The Balaban J connectivity index is 1.82. The first-order chi connectivity index (χ1) is 12.7. The summed E-state index contributed by atoms with van der Waals surface area (Å²) in [6.45, 7) is 2.64. The molecule has 9 nitrogen and oxygen atoms in total. The number of quaternary nitrogens is 1. The van der Waals surface area contributed by atoms with E-state index in [-0.39, 0.29) is 18.9 Å². The Morgan fingerprint density at radius 3 is 2.22 bits per heavy atom. The van der Waals surface area contributed by atoms with E-state index < -0.39 is 26.2 Å². The predicted molar refractivity (Wildman–Crippen MR) is 101 cm³/mol. The monoisotopic (exact) mass is 394 g/mol. The Bertz CT molecular complexity index is 1050. The van der Waals surface area contributed by atoms with E-state index in [1.807, 2.05) is 30.3 Å². The Morgan fingerprint density at radius 2 is 1.63 bits per heavy atom. The van der Waals surface area contributed by atoms with Crippen LogP contribution in [0.25, 0.3) is 0 Å². The summed E-state index contributed by atoms with van der Waals surface area (Å²) in [6.07, 6.45) is 0. The molecule has 1 aromatic carbocycles. The third kappa shape index (κ3) is 3.55. The fourth-order valence-corrected chi connectivity index (χ4v) is 4.99. The van der Waals surface area contributed by atoms with Crippen molar-refractivity contribution < 1.29 is 13.3 Å². The van der Waals surface area contributed by atoms with Gasteiger partial charge in [-0.2, -0.15) is 4.31 Å². The number of hydrogen-bond donors (Lipinski definition) is 2. The molecule has 0 radical (unpaired) electrons. The summed E-state index contributed by atoms with van der Waals surface area (Å²) < 4.78 is 29.1. The average molecular weight is 394 g/mol. The van der Waals surface area contributed by atoms with Crippen LogP contribution in [0.2, 0.25) is 0 Å². The summed E-state index contributed by atoms with van der Waals surface area (Å²) in [5, 5.41) is 0. The number of nitrogens with zero attached hydrogens (tertiary/aromatic N) is 3. The van der Waals surface area contributed by atoms with Crippen molar-refractivity contribution in [1.82, 2.24) is 13.4 Å². The van der Waals surface area contributed by atoms with Crippen molar-refractivity contribution in [2.24, 2.45) is 14.1 Å². The standard InChI is InChI=1S/C17H23N5O4S/c1-19-15(18)14(16(23)20(2)17(19)24)27(25,26)22-10-8-21(9-11-22)12-13-6-4-3-5-7-13/h3-7H,8-12,18H2,1-2H3/p+1. The van der Waals surface area contributed by atoms with Gasteiger partial charge in [0.1, 0.15) is 12.4 Å².